The number of nitrogens with one attached hydrogen (secondary N) is 1. The largest absolute Gasteiger partial charge is 0.426 e. The number of rotatable bonds is 2. The van der Waals surface area contributed by atoms with Gasteiger partial charge in [-0.2, -0.15) is 0 Å². The Morgan fingerprint density at radius 3 is 2.91 bits per heavy atom. The number of carbonyl (C=O) groups is 1. The number of H-pyrrole nitrogens is 1. The molecule has 0 radical (unpaired) electrons. The van der Waals surface area contributed by atoms with Crippen molar-refractivity contribution in [3.05, 3.63) is 64.8 Å². The highest BCUT2D eigenvalue weighted by atomic mass is 16.4. The fourth-order valence-corrected chi connectivity index (χ4v) is 2.79. The van der Waals surface area contributed by atoms with Crippen molar-refractivity contribution in [1.82, 2.24) is 9.55 Å². The van der Waals surface area contributed by atoms with Gasteiger partial charge in [0, 0.05) is 28.9 Å². The summed E-state index contributed by atoms with van der Waals surface area (Å²) in [5, 5.41) is 0.964. The zero-order valence-electron chi connectivity index (χ0n) is 12.1. The maximum absolute atomic E-state index is 12.6. The molecule has 23 heavy (non-hydrogen) atoms. The molecule has 4 rings (SSSR count). The van der Waals surface area contributed by atoms with Gasteiger partial charge >= 0.3 is 5.76 Å². The highest BCUT2D eigenvalue weighted by Crippen LogP contribution is 2.20. The fraction of sp³-hybridized carbons (Fsp3) is 0.0588. The first kappa shape index (κ1) is 13.4. The summed E-state index contributed by atoms with van der Waals surface area (Å²) >= 11 is 0. The van der Waals surface area contributed by atoms with Crippen LogP contribution >= 0.6 is 0 Å². The number of anilines is 1. The van der Waals surface area contributed by atoms with Gasteiger partial charge < -0.3 is 15.1 Å². The lowest BCUT2D eigenvalue weighted by Crippen LogP contribution is -2.23. The molecule has 0 aliphatic rings. The average molecular weight is 307 g/mol. The van der Waals surface area contributed by atoms with Crippen LogP contribution in [0.2, 0.25) is 0 Å². The Morgan fingerprint density at radius 2 is 2.04 bits per heavy atom. The topological polar surface area (TPSA) is 94.0 Å². The third-order valence-corrected chi connectivity index (χ3v) is 3.87. The van der Waals surface area contributed by atoms with Crippen LogP contribution < -0.4 is 11.5 Å². The smallest absolute Gasteiger partial charge is 0.407 e. The van der Waals surface area contributed by atoms with Gasteiger partial charge in [-0.25, -0.2) is 9.36 Å². The van der Waals surface area contributed by atoms with Crippen LogP contribution in [0, 0.1) is 0 Å². The Hall–Kier alpha value is -3.28. The highest BCUT2D eigenvalue weighted by molar-refractivity contribution is 5.94. The van der Waals surface area contributed by atoms with E-state index in [2.05, 4.69) is 4.98 Å². The average Bonchev–Trinajstić information content (AvgIpc) is 3.07. The van der Waals surface area contributed by atoms with Gasteiger partial charge in [0.25, 0.3) is 0 Å². The Morgan fingerprint density at radius 1 is 1.22 bits per heavy atom. The lowest BCUT2D eigenvalue weighted by molar-refractivity contribution is 0.0911. The van der Waals surface area contributed by atoms with Crippen molar-refractivity contribution < 1.29 is 9.21 Å². The first-order chi connectivity index (χ1) is 11.1. The second-order valence-corrected chi connectivity index (χ2v) is 5.36. The minimum Gasteiger partial charge on any atom is -0.407 e. The molecule has 3 N–H and O–H groups in total. The molecule has 0 aliphatic carbocycles. The van der Waals surface area contributed by atoms with Gasteiger partial charge in [-0.3, -0.25) is 4.79 Å². The van der Waals surface area contributed by atoms with Gasteiger partial charge in [0.1, 0.15) is 0 Å². The second-order valence-electron chi connectivity index (χ2n) is 5.36. The van der Waals surface area contributed by atoms with E-state index >= 15 is 0 Å². The summed E-state index contributed by atoms with van der Waals surface area (Å²) in [6, 6.07) is 12.5. The number of fused-ring (bicyclic) bond motifs is 2. The molecule has 0 spiro atoms. The minimum atomic E-state index is -0.699. The van der Waals surface area contributed by atoms with Crippen LogP contribution in [-0.4, -0.2) is 15.5 Å². The second kappa shape index (κ2) is 4.88. The van der Waals surface area contributed by atoms with E-state index in [0.29, 0.717) is 16.8 Å². The monoisotopic (exact) mass is 307 g/mol. The van der Waals surface area contributed by atoms with E-state index in [-0.39, 0.29) is 12.3 Å². The number of hydrogen-bond acceptors (Lipinski definition) is 4. The van der Waals surface area contributed by atoms with Crippen molar-refractivity contribution in [2.24, 2.45) is 0 Å². The summed E-state index contributed by atoms with van der Waals surface area (Å²) in [6.45, 7) is 0. The van der Waals surface area contributed by atoms with Crippen LogP contribution in [0.1, 0.15) is 10.4 Å². The van der Waals surface area contributed by atoms with Crippen LogP contribution in [0.25, 0.3) is 22.0 Å². The SMILES string of the molecule is Nc1ccc2c(c1)oc(=O)n2C(=O)Cc1c[nH]c2ccccc12. The summed E-state index contributed by atoms with van der Waals surface area (Å²) < 4.78 is 6.16. The van der Waals surface area contributed by atoms with E-state index in [1.54, 1.807) is 18.3 Å². The third-order valence-electron chi connectivity index (χ3n) is 3.87. The molecule has 0 aliphatic heterocycles. The molecule has 0 atom stereocenters. The van der Waals surface area contributed by atoms with E-state index in [1.807, 2.05) is 24.3 Å². The Balaban J connectivity index is 1.78. The molecule has 2 aromatic heterocycles. The van der Waals surface area contributed by atoms with Gasteiger partial charge in [-0.15, -0.1) is 0 Å². The highest BCUT2D eigenvalue weighted by Gasteiger charge is 2.17. The summed E-state index contributed by atoms with van der Waals surface area (Å²) in [6.07, 6.45) is 1.89. The van der Waals surface area contributed by atoms with E-state index in [4.69, 9.17) is 10.2 Å². The van der Waals surface area contributed by atoms with E-state index < -0.39 is 5.76 Å². The molecule has 114 valence electrons. The quantitative estimate of drug-likeness (QED) is 0.556. The third kappa shape index (κ3) is 2.12. The van der Waals surface area contributed by atoms with Gasteiger partial charge in [0.05, 0.1) is 11.9 Å². The lowest BCUT2D eigenvalue weighted by atomic mass is 10.1. The molecule has 2 heterocycles. The van der Waals surface area contributed by atoms with Crippen LogP contribution in [0.3, 0.4) is 0 Å². The van der Waals surface area contributed by atoms with E-state index in [9.17, 15) is 9.59 Å². The molecule has 2 aromatic carbocycles. The molecule has 6 nitrogen and oxygen atoms in total. The number of aromatic amines is 1. The van der Waals surface area contributed by atoms with Gasteiger partial charge in [0.2, 0.25) is 5.91 Å². The predicted octanol–water partition coefficient (Wildman–Crippen LogP) is 2.54. The van der Waals surface area contributed by atoms with Crippen LogP contribution in [0.4, 0.5) is 5.69 Å². The molecule has 4 aromatic rings. The summed E-state index contributed by atoms with van der Waals surface area (Å²) in [4.78, 5) is 27.7. The maximum atomic E-state index is 12.6. The van der Waals surface area contributed by atoms with Gasteiger partial charge in [0.15, 0.2) is 5.58 Å². The van der Waals surface area contributed by atoms with Crippen molar-refractivity contribution >= 4 is 33.6 Å². The van der Waals surface area contributed by atoms with Crippen molar-refractivity contribution in [3.8, 4) is 0 Å². The predicted molar refractivity (Wildman–Crippen MR) is 87.5 cm³/mol. The molecule has 6 heteroatoms. The number of hydrogen-bond donors (Lipinski definition) is 2. The first-order valence-electron chi connectivity index (χ1n) is 7.13. The van der Waals surface area contributed by atoms with Crippen molar-refractivity contribution in [2.75, 3.05) is 5.73 Å². The lowest BCUT2D eigenvalue weighted by Gasteiger charge is -2.01. The number of oxazole rings is 1. The summed E-state index contributed by atoms with van der Waals surface area (Å²) in [7, 11) is 0. The Labute approximate surface area is 130 Å². The minimum absolute atomic E-state index is 0.100. The molecule has 0 bridgehead atoms. The zero-order valence-corrected chi connectivity index (χ0v) is 12.1. The normalized spacial score (nSPS) is 11.3. The zero-order chi connectivity index (χ0) is 16.0. The first-order valence-corrected chi connectivity index (χ1v) is 7.13. The van der Waals surface area contributed by atoms with Crippen molar-refractivity contribution in [1.29, 1.82) is 0 Å². The molecule has 0 saturated carbocycles. The Kier molecular flexibility index (Phi) is 2.84. The number of aromatic nitrogens is 2. The van der Waals surface area contributed by atoms with Crippen LogP contribution in [-0.2, 0) is 6.42 Å². The maximum Gasteiger partial charge on any atom is 0.426 e. The molecule has 0 unspecified atom stereocenters. The number of benzene rings is 2. The molecular formula is C17H13N3O3. The van der Waals surface area contributed by atoms with Crippen LogP contribution in [0.15, 0.2) is 57.9 Å². The van der Waals surface area contributed by atoms with Crippen molar-refractivity contribution in [3.63, 3.8) is 0 Å². The molecule has 0 fully saturated rings. The number of nitrogens with two attached hydrogens (primary N) is 1. The Bertz CT molecular complexity index is 1100. The summed E-state index contributed by atoms with van der Waals surface area (Å²) in [5.74, 6) is -1.04. The van der Waals surface area contributed by atoms with E-state index in [0.717, 1.165) is 21.0 Å². The number of para-hydroxylation sites is 1. The van der Waals surface area contributed by atoms with E-state index in [1.165, 1.54) is 6.07 Å². The molecular weight excluding hydrogens is 294 g/mol. The fourth-order valence-electron chi connectivity index (χ4n) is 2.79. The standard InChI is InChI=1S/C17H13N3O3/c18-11-5-6-14-15(8-11)23-17(22)20(14)16(21)7-10-9-19-13-4-2-1-3-12(10)13/h1-6,8-9,19H,7,18H2. The van der Waals surface area contributed by atoms with Crippen molar-refractivity contribution in [2.45, 2.75) is 6.42 Å². The van der Waals surface area contributed by atoms with Gasteiger partial charge in [-0.1, -0.05) is 18.2 Å². The molecule has 0 saturated heterocycles. The number of nitrogens with zero attached hydrogens (tertiary/aromatic N) is 1. The molecule has 0 amide bonds. The number of carbonyl (C=O) groups excluding carboxylic acids is 1. The number of nitrogen functional groups attached to an aromatic ring is 1. The van der Waals surface area contributed by atoms with Gasteiger partial charge in [-0.05, 0) is 23.8 Å². The van der Waals surface area contributed by atoms with Crippen LogP contribution in [0.5, 0.6) is 0 Å². The summed E-state index contributed by atoms with van der Waals surface area (Å²) in [5.41, 5.74) is 8.66.